The highest BCUT2D eigenvalue weighted by Gasteiger charge is 2.28. The number of hydrogen-bond donors (Lipinski definition) is 1. The third-order valence-electron chi connectivity index (χ3n) is 3.47. The lowest BCUT2D eigenvalue weighted by atomic mass is 9.90. The molecule has 1 aromatic carbocycles. The molecule has 5 nitrogen and oxygen atoms in total. The van der Waals surface area contributed by atoms with Crippen LogP contribution in [-0.4, -0.2) is 21.6 Å². The van der Waals surface area contributed by atoms with E-state index in [1.54, 1.807) is 4.68 Å². The molecule has 1 aliphatic rings. The first kappa shape index (κ1) is 12.3. The molecular formula is C13H12BrN3O2. The Labute approximate surface area is 118 Å². The molecule has 1 atom stereocenters. The van der Waals surface area contributed by atoms with Gasteiger partial charge in [0.2, 0.25) is 11.8 Å². The first-order valence-electron chi connectivity index (χ1n) is 6.02. The smallest absolute Gasteiger partial charge is 0.234 e. The Morgan fingerprint density at radius 3 is 2.95 bits per heavy atom. The molecule has 0 radical (unpaired) electrons. The molecule has 0 saturated carbocycles. The van der Waals surface area contributed by atoms with Crippen LogP contribution in [0.1, 0.15) is 24.3 Å². The van der Waals surface area contributed by atoms with Gasteiger partial charge in [-0.3, -0.25) is 19.6 Å². The predicted octanol–water partition coefficient (Wildman–Crippen LogP) is 1.86. The third-order valence-corrected chi connectivity index (χ3v) is 4.06. The summed E-state index contributed by atoms with van der Waals surface area (Å²) in [6.07, 6.45) is 0.957. The highest BCUT2D eigenvalue weighted by Crippen LogP contribution is 2.30. The van der Waals surface area contributed by atoms with E-state index in [1.165, 1.54) is 0 Å². The Hall–Kier alpha value is -1.69. The Balaban J connectivity index is 2.04. The molecule has 1 unspecified atom stereocenters. The van der Waals surface area contributed by atoms with Crippen molar-refractivity contribution in [3.05, 3.63) is 28.4 Å². The van der Waals surface area contributed by atoms with Gasteiger partial charge in [0.1, 0.15) is 4.60 Å². The van der Waals surface area contributed by atoms with Crippen molar-refractivity contribution in [1.82, 2.24) is 15.1 Å². The van der Waals surface area contributed by atoms with Gasteiger partial charge in [-0.1, -0.05) is 6.07 Å². The van der Waals surface area contributed by atoms with Crippen LogP contribution >= 0.6 is 15.9 Å². The number of rotatable bonds is 1. The molecule has 0 aliphatic carbocycles. The van der Waals surface area contributed by atoms with E-state index in [0.717, 1.165) is 21.1 Å². The molecular weight excluding hydrogens is 310 g/mol. The first-order valence-corrected chi connectivity index (χ1v) is 6.81. The second kappa shape index (κ2) is 4.45. The third kappa shape index (κ3) is 2.06. The van der Waals surface area contributed by atoms with E-state index < -0.39 is 0 Å². The average Bonchev–Trinajstić information content (AvgIpc) is 2.65. The summed E-state index contributed by atoms with van der Waals surface area (Å²) in [6, 6.07) is 5.84. The minimum atomic E-state index is -0.254. The van der Waals surface area contributed by atoms with Crippen molar-refractivity contribution >= 4 is 38.6 Å². The molecule has 2 amide bonds. The van der Waals surface area contributed by atoms with Gasteiger partial charge in [-0.05, 0) is 40.0 Å². The van der Waals surface area contributed by atoms with Crippen molar-refractivity contribution in [1.29, 1.82) is 0 Å². The van der Waals surface area contributed by atoms with Gasteiger partial charge < -0.3 is 0 Å². The molecule has 2 aromatic rings. The summed E-state index contributed by atoms with van der Waals surface area (Å²) in [5.41, 5.74) is 1.89. The van der Waals surface area contributed by atoms with Gasteiger partial charge in [0, 0.05) is 18.9 Å². The number of imide groups is 1. The largest absolute Gasteiger partial charge is 0.296 e. The Morgan fingerprint density at radius 2 is 2.21 bits per heavy atom. The number of benzene rings is 1. The highest BCUT2D eigenvalue weighted by molar-refractivity contribution is 9.10. The minimum Gasteiger partial charge on any atom is -0.296 e. The van der Waals surface area contributed by atoms with Crippen LogP contribution in [0.2, 0.25) is 0 Å². The van der Waals surface area contributed by atoms with E-state index in [9.17, 15) is 9.59 Å². The highest BCUT2D eigenvalue weighted by atomic mass is 79.9. The standard InChI is InChI=1S/C13H12BrN3O2/c1-17-10-6-7(2-3-9(10)12(14)16-17)8-4-5-11(18)15-13(8)19/h2-3,6,8H,4-5H2,1H3,(H,15,18,19). The van der Waals surface area contributed by atoms with Crippen molar-refractivity contribution in [2.45, 2.75) is 18.8 Å². The first-order chi connectivity index (χ1) is 9.06. The van der Waals surface area contributed by atoms with Crippen molar-refractivity contribution < 1.29 is 9.59 Å². The van der Waals surface area contributed by atoms with E-state index in [4.69, 9.17) is 0 Å². The van der Waals surface area contributed by atoms with E-state index >= 15 is 0 Å². The van der Waals surface area contributed by atoms with E-state index in [-0.39, 0.29) is 17.7 Å². The normalized spacial score (nSPS) is 19.8. The van der Waals surface area contributed by atoms with Gasteiger partial charge in [0.15, 0.2) is 0 Å². The molecule has 98 valence electrons. The molecule has 1 aliphatic heterocycles. The topological polar surface area (TPSA) is 64.0 Å². The molecule has 6 heteroatoms. The fourth-order valence-corrected chi connectivity index (χ4v) is 3.03. The molecule has 0 bridgehead atoms. The summed E-state index contributed by atoms with van der Waals surface area (Å²) in [7, 11) is 1.86. The maximum absolute atomic E-state index is 11.9. The second-order valence-corrected chi connectivity index (χ2v) is 5.45. The number of piperidine rings is 1. The van der Waals surface area contributed by atoms with E-state index in [2.05, 4.69) is 26.3 Å². The van der Waals surface area contributed by atoms with Gasteiger partial charge in [-0.25, -0.2) is 0 Å². The number of fused-ring (bicyclic) bond motifs is 1. The molecule has 3 rings (SSSR count). The summed E-state index contributed by atoms with van der Waals surface area (Å²) in [5, 5.41) is 7.68. The number of aromatic nitrogens is 2. The molecule has 2 heterocycles. The monoisotopic (exact) mass is 321 g/mol. The van der Waals surface area contributed by atoms with E-state index in [0.29, 0.717) is 12.8 Å². The van der Waals surface area contributed by atoms with Crippen molar-refractivity contribution in [3.8, 4) is 0 Å². The summed E-state index contributed by atoms with van der Waals surface area (Å²) >= 11 is 3.40. The molecule has 1 aromatic heterocycles. The zero-order valence-electron chi connectivity index (χ0n) is 10.3. The maximum Gasteiger partial charge on any atom is 0.234 e. The molecule has 1 fully saturated rings. The van der Waals surface area contributed by atoms with Gasteiger partial charge in [-0.2, -0.15) is 5.10 Å². The van der Waals surface area contributed by atoms with Crippen LogP contribution in [0.15, 0.2) is 22.8 Å². The lowest BCUT2D eigenvalue weighted by Gasteiger charge is -2.21. The van der Waals surface area contributed by atoms with Crippen LogP contribution in [0.5, 0.6) is 0 Å². The van der Waals surface area contributed by atoms with Crippen molar-refractivity contribution in [2.24, 2.45) is 7.05 Å². The van der Waals surface area contributed by atoms with Crippen LogP contribution in [0, 0.1) is 0 Å². The molecule has 0 spiro atoms. The Kier molecular flexibility index (Phi) is 2.89. The van der Waals surface area contributed by atoms with Gasteiger partial charge in [0.05, 0.1) is 11.4 Å². The van der Waals surface area contributed by atoms with E-state index in [1.807, 2.05) is 25.2 Å². The number of carbonyl (C=O) groups excluding carboxylic acids is 2. The number of carbonyl (C=O) groups is 2. The fraction of sp³-hybridized carbons (Fsp3) is 0.308. The van der Waals surface area contributed by atoms with Gasteiger partial charge >= 0.3 is 0 Å². The molecule has 19 heavy (non-hydrogen) atoms. The summed E-state index contributed by atoms with van der Waals surface area (Å²) < 4.78 is 2.56. The van der Waals surface area contributed by atoms with Crippen LogP contribution in [0.25, 0.3) is 10.9 Å². The number of nitrogens with zero attached hydrogens (tertiary/aromatic N) is 2. The second-order valence-electron chi connectivity index (χ2n) is 4.69. The maximum atomic E-state index is 11.9. The van der Waals surface area contributed by atoms with Crippen molar-refractivity contribution in [3.63, 3.8) is 0 Å². The lowest BCUT2D eigenvalue weighted by Crippen LogP contribution is -2.39. The Bertz CT molecular complexity index is 692. The predicted molar refractivity (Wildman–Crippen MR) is 73.5 cm³/mol. The van der Waals surface area contributed by atoms with Gasteiger partial charge in [-0.15, -0.1) is 0 Å². The molecule has 1 N–H and O–H groups in total. The fourth-order valence-electron chi connectivity index (χ4n) is 2.46. The molecule has 1 saturated heterocycles. The number of aryl methyl sites for hydroxylation is 1. The number of hydrogen-bond acceptors (Lipinski definition) is 3. The van der Waals surface area contributed by atoms with Gasteiger partial charge in [0.25, 0.3) is 0 Å². The van der Waals surface area contributed by atoms with Crippen molar-refractivity contribution in [2.75, 3.05) is 0 Å². The zero-order valence-corrected chi connectivity index (χ0v) is 11.9. The minimum absolute atomic E-state index is 0.189. The lowest BCUT2D eigenvalue weighted by molar-refractivity contribution is -0.134. The van der Waals surface area contributed by atoms with Crippen LogP contribution in [-0.2, 0) is 16.6 Å². The van der Waals surface area contributed by atoms with Crippen LogP contribution in [0.4, 0.5) is 0 Å². The van der Waals surface area contributed by atoms with Crippen LogP contribution in [0.3, 0.4) is 0 Å². The van der Waals surface area contributed by atoms with Crippen LogP contribution < -0.4 is 5.32 Å². The quantitative estimate of drug-likeness (QED) is 0.815. The number of amides is 2. The summed E-state index contributed by atoms with van der Waals surface area (Å²) in [5.74, 6) is -0.654. The number of halogens is 1. The summed E-state index contributed by atoms with van der Waals surface area (Å²) in [6.45, 7) is 0. The number of nitrogens with one attached hydrogen (secondary N) is 1. The average molecular weight is 322 g/mol. The summed E-state index contributed by atoms with van der Waals surface area (Å²) in [4.78, 5) is 23.0. The SMILES string of the molecule is Cn1nc(Br)c2ccc(C3CCC(=O)NC3=O)cc21. The Morgan fingerprint density at radius 1 is 1.42 bits per heavy atom. The zero-order chi connectivity index (χ0) is 13.6.